The molecule has 0 bridgehead atoms. The third-order valence-corrected chi connectivity index (χ3v) is 0.0667. The summed E-state index contributed by atoms with van der Waals surface area (Å²) in [6, 6.07) is 0. The van der Waals surface area contributed by atoms with Crippen LogP contribution in [0.4, 0.5) is 0 Å². The van der Waals surface area contributed by atoms with Crippen LogP contribution >= 0.6 is 0 Å². The van der Waals surface area contributed by atoms with E-state index in [2.05, 4.69) is 4.94 Å². The van der Waals surface area contributed by atoms with Gasteiger partial charge in [0.25, 0.3) is 0 Å². The van der Waals surface area contributed by atoms with Crippen LogP contribution in [-0.4, -0.2) is 71.9 Å². The Balaban J connectivity index is -0.0000000800. The van der Waals surface area contributed by atoms with Crippen LogP contribution in [0.2, 0.25) is 0 Å². The van der Waals surface area contributed by atoms with Gasteiger partial charge >= 0.3 is 71.9 Å². The summed E-state index contributed by atoms with van der Waals surface area (Å²) < 4.78 is 0. The second-order valence-electron chi connectivity index (χ2n) is 0.231. The molecule has 0 rings (SSSR count). The molecule has 0 saturated carbocycles. The van der Waals surface area contributed by atoms with Gasteiger partial charge in [-0.25, -0.2) is 0 Å². The first-order chi connectivity index (χ1) is 2.41. The molecule has 0 aromatic heterocycles. The molecule has 0 aliphatic rings. The summed E-state index contributed by atoms with van der Waals surface area (Å²) in [5, 5.41) is 3.25. The third kappa shape index (κ3) is 18.8. The van der Waals surface area contributed by atoms with Gasteiger partial charge in [-0.15, -0.1) is 9.81 Å². The molecule has 0 spiro atoms. The van der Waals surface area contributed by atoms with Gasteiger partial charge in [0.2, 0.25) is 0 Å². The quantitative estimate of drug-likeness (QED) is 0.337. The van der Waals surface area contributed by atoms with Crippen molar-refractivity contribution in [2.24, 2.45) is 10.7 Å². The Bertz CT molecular complexity index is 42.2. The van der Waals surface area contributed by atoms with Gasteiger partial charge in [-0.1, -0.05) is 0 Å². The summed E-state index contributed by atoms with van der Waals surface area (Å²) in [5.41, 5.74) is 0. The van der Waals surface area contributed by atoms with E-state index in [4.69, 9.17) is 9.81 Å². The predicted octanol–water partition coefficient (Wildman–Crippen LogP) is -1.47. The largest absolute Gasteiger partial charge is 0.316 e. The molecule has 0 radical (unpaired) electrons. The number of rotatable bonds is 2. The summed E-state index contributed by atoms with van der Waals surface area (Å²) in [6.45, 7) is 0. The minimum atomic E-state index is 0. The molecule has 5 nitrogen and oxygen atoms in total. The second kappa shape index (κ2) is 15.7. The molecule has 0 unspecified atom stereocenters. The van der Waals surface area contributed by atoms with E-state index in [9.17, 15) is 0 Å². The van der Waals surface area contributed by atoms with Gasteiger partial charge in [0.05, 0.1) is 0 Å². The summed E-state index contributed by atoms with van der Waals surface area (Å²) >= 11 is 0. The number of nitrogens with zero attached hydrogens (tertiary/aromatic N) is 2. The normalized spacial score (nSPS) is 4.00. The SMILES string of the molecule is O=NON=O.[BaH2].[MgH2]. The van der Waals surface area contributed by atoms with Gasteiger partial charge < -0.3 is 0 Å². The van der Waals surface area contributed by atoms with E-state index in [1.165, 1.54) is 0 Å². The van der Waals surface area contributed by atoms with Crippen molar-refractivity contribution in [2.45, 2.75) is 0 Å². The van der Waals surface area contributed by atoms with Crippen LogP contribution in [0.3, 0.4) is 0 Å². The fourth-order valence-corrected chi connectivity index (χ4v) is 0.0136. The zero-order valence-electron chi connectivity index (χ0n) is 2.12. The Labute approximate surface area is 95.6 Å². The van der Waals surface area contributed by atoms with Crippen molar-refractivity contribution in [1.29, 1.82) is 0 Å². The van der Waals surface area contributed by atoms with Crippen molar-refractivity contribution in [3.05, 3.63) is 9.81 Å². The van der Waals surface area contributed by atoms with Crippen LogP contribution in [0.1, 0.15) is 0 Å². The Morgan fingerprint density at radius 2 is 1.43 bits per heavy atom. The predicted molar refractivity (Wildman–Crippen MR) is 29.8 cm³/mol. The molecular formula is H4BaMgN2O3. The Morgan fingerprint density at radius 3 is 1.43 bits per heavy atom. The summed E-state index contributed by atoms with van der Waals surface area (Å²) in [4.78, 5) is 20.2. The molecule has 0 aliphatic heterocycles. The fraction of sp³-hybridized carbons (Fsp3) is 0. The van der Waals surface area contributed by atoms with Crippen LogP contribution < -0.4 is 0 Å². The van der Waals surface area contributed by atoms with Gasteiger partial charge in [-0.05, 0) is 0 Å². The van der Waals surface area contributed by atoms with Crippen molar-refractivity contribution >= 4 is 71.9 Å². The minimum Gasteiger partial charge on any atom is 0.316 e. The minimum absolute atomic E-state index is 0. The van der Waals surface area contributed by atoms with E-state index in [0.717, 1.165) is 0 Å². The maximum Gasteiger partial charge on any atom is 0.316 e. The molecule has 0 fully saturated rings. The van der Waals surface area contributed by atoms with E-state index < -0.39 is 0 Å². The summed E-state index contributed by atoms with van der Waals surface area (Å²) in [5.74, 6) is 0. The van der Waals surface area contributed by atoms with Gasteiger partial charge in [0.1, 0.15) is 0 Å². The van der Waals surface area contributed by atoms with E-state index in [1.807, 2.05) is 0 Å². The van der Waals surface area contributed by atoms with Crippen LogP contribution in [0, 0.1) is 9.81 Å². The molecule has 0 aromatic rings. The molecule has 36 valence electrons. The second-order valence-corrected chi connectivity index (χ2v) is 0.231. The molecule has 7 heteroatoms. The molecular weight excluding hydrogens is 238 g/mol. The molecule has 0 heterocycles. The molecule has 0 aromatic carbocycles. The first kappa shape index (κ1) is 15.8. The van der Waals surface area contributed by atoms with Gasteiger partial charge in [-0.3, -0.25) is 0 Å². The zero-order valence-corrected chi connectivity index (χ0v) is 2.12. The monoisotopic (exact) mass is 242 g/mol. The van der Waals surface area contributed by atoms with Crippen LogP contribution in [0.5, 0.6) is 0 Å². The number of hydrogen-bond acceptors (Lipinski definition) is 5. The summed E-state index contributed by atoms with van der Waals surface area (Å²) in [6.07, 6.45) is 0. The molecule has 7 heavy (non-hydrogen) atoms. The van der Waals surface area contributed by atoms with Crippen molar-refractivity contribution in [3.63, 3.8) is 0 Å². The van der Waals surface area contributed by atoms with Gasteiger partial charge in [-0.2, -0.15) is 4.94 Å². The molecule has 0 atom stereocenters. The summed E-state index contributed by atoms with van der Waals surface area (Å²) in [7, 11) is 0. The van der Waals surface area contributed by atoms with Crippen molar-refractivity contribution in [1.82, 2.24) is 0 Å². The van der Waals surface area contributed by atoms with Crippen molar-refractivity contribution < 1.29 is 4.94 Å². The van der Waals surface area contributed by atoms with Crippen LogP contribution in [0.25, 0.3) is 0 Å². The standard InChI is InChI=1S/Ba.Mg.N2O3.4H/c;;3-1-5-2-4;;;;. The first-order valence-corrected chi connectivity index (χ1v) is 0.730. The average Bonchev–Trinajstić information content (AvgIpc) is 1.41. The molecule has 0 N–H and O–H groups in total. The van der Waals surface area contributed by atoms with Gasteiger partial charge in [0.15, 0.2) is 10.7 Å². The molecule has 0 saturated heterocycles. The Hall–Kier alpha value is 1.34. The fourth-order valence-electron chi connectivity index (χ4n) is 0.0136. The van der Waals surface area contributed by atoms with Gasteiger partial charge in [0, 0.05) is 0 Å². The maximum atomic E-state index is 8.64. The van der Waals surface area contributed by atoms with Crippen LogP contribution in [-0.2, 0) is 4.94 Å². The Kier molecular flexibility index (Phi) is 35.3. The zero-order chi connectivity index (χ0) is 4.12. The van der Waals surface area contributed by atoms with Crippen LogP contribution in [0.15, 0.2) is 10.7 Å². The first-order valence-electron chi connectivity index (χ1n) is 0.730. The third-order valence-electron chi connectivity index (χ3n) is 0.0667. The molecule has 0 amide bonds. The van der Waals surface area contributed by atoms with Crippen molar-refractivity contribution in [2.75, 3.05) is 0 Å². The maximum absolute atomic E-state index is 8.64. The smallest absolute Gasteiger partial charge is 0.316 e. The molecule has 0 aliphatic carbocycles. The van der Waals surface area contributed by atoms with E-state index in [-0.39, 0.29) is 71.9 Å². The van der Waals surface area contributed by atoms with E-state index in [0.29, 0.717) is 0 Å². The van der Waals surface area contributed by atoms with E-state index >= 15 is 0 Å². The average molecular weight is 242 g/mol. The topological polar surface area (TPSA) is 68.1 Å². The van der Waals surface area contributed by atoms with E-state index in [1.54, 1.807) is 10.7 Å². The Morgan fingerprint density at radius 1 is 1.14 bits per heavy atom. The number of hydrogen-bond donors (Lipinski definition) is 0. The van der Waals surface area contributed by atoms with Crippen molar-refractivity contribution in [3.8, 4) is 0 Å².